The van der Waals surface area contributed by atoms with Crippen LogP contribution in [0.1, 0.15) is 18.3 Å². The largest absolute Gasteiger partial charge is 0.250 e. The second kappa shape index (κ2) is 4.50. The van der Waals surface area contributed by atoms with E-state index in [4.69, 9.17) is 12.2 Å². The highest BCUT2D eigenvalue weighted by atomic mass is 32.1. The molecule has 0 unspecified atom stereocenters. The van der Waals surface area contributed by atoms with Gasteiger partial charge in [0.2, 0.25) is 4.77 Å². The van der Waals surface area contributed by atoms with E-state index < -0.39 is 0 Å². The minimum atomic E-state index is 0.526. The number of aromatic nitrogens is 3. The Morgan fingerprint density at radius 2 is 2.60 bits per heavy atom. The van der Waals surface area contributed by atoms with Crippen molar-refractivity contribution >= 4 is 29.8 Å². The van der Waals surface area contributed by atoms with Crippen LogP contribution in [0.25, 0.3) is 0 Å². The van der Waals surface area contributed by atoms with Gasteiger partial charge in [-0.15, -0.1) is 0 Å². The molecule has 1 N–H and O–H groups in total. The molecular formula is C9H10N4S2. The molecule has 0 atom stereocenters. The number of H-pyrrole nitrogens is 1. The predicted octanol–water partition coefficient (Wildman–Crippen LogP) is 2.45. The summed E-state index contributed by atoms with van der Waals surface area (Å²) < 4.78 is 2.17. The van der Waals surface area contributed by atoms with Crippen LogP contribution in [0.4, 0.5) is 0 Å². The molecule has 2 rings (SSSR count). The van der Waals surface area contributed by atoms with Crippen LogP contribution in [0.2, 0.25) is 0 Å². The maximum Gasteiger partial charge on any atom is 0.216 e. The fraction of sp³-hybridized carbons (Fsp3) is 0.222. The SMILES string of the molecule is CCc1n[nH]c(=S)n1/N=C\c1ccsc1. The van der Waals surface area contributed by atoms with Crippen LogP contribution < -0.4 is 0 Å². The predicted molar refractivity (Wildman–Crippen MR) is 64.1 cm³/mol. The summed E-state index contributed by atoms with van der Waals surface area (Å²) in [6, 6.07) is 2.00. The summed E-state index contributed by atoms with van der Waals surface area (Å²) in [4.78, 5) is 0. The van der Waals surface area contributed by atoms with E-state index in [-0.39, 0.29) is 0 Å². The molecule has 0 amide bonds. The summed E-state index contributed by atoms with van der Waals surface area (Å²) in [5, 5.41) is 15.1. The van der Waals surface area contributed by atoms with Crippen LogP contribution >= 0.6 is 23.6 Å². The molecule has 2 aromatic rings. The minimum absolute atomic E-state index is 0.526. The van der Waals surface area contributed by atoms with Crippen LogP contribution in [-0.2, 0) is 6.42 Å². The molecule has 0 spiro atoms. The van der Waals surface area contributed by atoms with Crippen LogP contribution in [0.15, 0.2) is 21.9 Å². The summed E-state index contributed by atoms with van der Waals surface area (Å²) in [6.45, 7) is 2.02. The van der Waals surface area contributed by atoms with Crippen LogP contribution in [-0.4, -0.2) is 21.1 Å². The third-order valence-electron chi connectivity index (χ3n) is 1.90. The third-order valence-corrected chi connectivity index (χ3v) is 2.86. The Kier molecular flexibility index (Phi) is 3.08. The van der Waals surface area contributed by atoms with Crippen molar-refractivity contribution in [2.24, 2.45) is 5.10 Å². The number of thiophene rings is 1. The van der Waals surface area contributed by atoms with Gasteiger partial charge in [-0.3, -0.25) is 5.10 Å². The molecule has 0 fully saturated rings. The Bertz CT molecular complexity index is 506. The summed E-state index contributed by atoms with van der Waals surface area (Å²) in [6.07, 6.45) is 2.58. The monoisotopic (exact) mass is 238 g/mol. The van der Waals surface area contributed by atoms with Crippen molar-refractivity contribution in [1.29, 1.82) is 0 Å². The van der Waals surface area contributed by atoms with Gasteiger partial charge in [-0.1, -0.05) is 6.92 Å². The second-order valence-electron chi connectivity index (χ2n) is 2.91. The normalized spacial score (nSPS) is 11.3. The molecular weight excluding hydrogens is 228 g/mol. The van der Waals surface area contributed by atoms with Gasteiger partial charge in [0.05, 0.1) is 6.21 Å². The zero-order valence-corrected chi connectivity index (χ0v) is 9.81. The first-order valence-corrected chi connectivity index (χ1v) is 5.89. The first-order valence-electron chi connectivity index (χ1n) is 4.54. The maximum absolute atomic E-state index is 5.07. The molecule has 0 saturated heterocycles. The van der Waals surface area contributed by atoms with Crippen molar-refractivity contribution in [1.82, 2.24) is 14.9 Å². The van der Waals surface area contributed by atoms with Gasteiger partial charge < -0.3 is 0 Å². The fourth-order valence-corrected chi connectivity index (χ4v) is 1.95. The number of rotatable bonds is 3. The minimum Gasteiger partial charge on any atom is -0.250 e. The van der Waals surface area contributed by atoms with E-state index in [1.807, 2.05) is 23.8 Å². The number of nitrogens with one attached hydrogen (secondary N) is 1. The average molecular weight is 238 g/mol. The van der Waals surface area contributed by atoms with E-state index >= 15 is 0 Å². The molecule has 0 radical (unpaired) electrons. The van der Waals surface area contributed by atoms with Crippen molar-refractivity contribution in [2.75, 3.05) is 0 Å². The van der Waals surface area contributed by atoms with Gasteiger partial charge in [0.1, 0.15) is 0 Å². The zero-order chi connectivity index (χ0) is 10.7. The van der Waals surface area contributed by atoms with Gasteiger partial charge in [-0.2, -0.15) is 26.2 Å². The Morgan fingerprint density at radius 3 is 3.27 bits per heavy atom. The molecule has 2 heterocycles. The molecule has 0 bridgehead atoms. The molecule has 15 heavy (non-hydrogen) atoms. The van der Waals surface area contributed by atoms with Gasteiger partial charge >= 0.3 is 0 Å². The van der Waals surface area contributed by atoms with Gasteiger partial charge in [-0.05, 0) is 29.0 Å². The van der Waals surface area contributed by atoms with Crippen molar-refractivity contribution < 1.29 is 0 Å². The molecule has 2 aromatic heterocycles. The van der Waals surface area contributed by atoms with Crippen molar-refractivity contribution in [3.8, 4) is 0 Å². The fourth-order valence-electron chi connectivity index (χ4n) is 1.15. The molecule has 6 heteroatoms. The van der Waals surface area contributed by atoms with Crippen molar-refractivity contribution in [3.05, 3.63) is 33.0 Å². The quantitative estimate of drug-likeness (QED) is 0.659. The molecule has 0 aliphatic heterocycles. The van der Waals surface area contributed by atoms with Gasteiger partial charge in [-0.25, -0.2) is 0 Å². The van der Waals surface area contributed by atoms with E-state index in [9.17, 15) is 0 Å². The average Bonchev–Trinajstić information content (AvgIpc) is 2.84. The first kappa shape index (κ1) is 10.3. The lowest BCUT2D eigenvalue weighted by Crippen LogP contribution is -1.96. The second-order valence-corrected chi connectivity index (χ2v) is 4.08. The molecule has 0 aromatic carbocycles. The van der Waals surface area contributed by atoms with Crippen molar-refractivity contribution in [2.45, 2.75) is 13.3 Å². The van der Waals surface area contributed by atoms with Crippen LogP contribution in [0.5, 0.6) is 0 Å². The number of aromatic amines is 1. The highest BCUT2D eigenvalue weighted by molar-refractivity contribution is 7.71. The van der Waals surface area contributed by atoms with E-state index in [1.54, 1.807) is 22.2 Å². The standard InChI is InChI=1S/C9H10N4S2/c1-2-8-11-12-9(14)13(8)10-5-7-3-4-15-6-7/h3-6H,2H2,1H3,(H,12,14)/b10-5-. The van der Waals surface area contributed by atoms with Crippen molar-refractivity contribution in [3.63, 3.8) is 0 Å². The lowest BCUT2D eigenvalue weighted by atomic mass is 10.4. The van der Waals surface area contributed by atoms with Crippen LogP contribution in [0.3, 0.4) is 0 Å². The highest BCUT2D eigenvalue weighted by Crippen LogP contribution is 2.04. The molecule has 78 valence electrons. The number of nitrogens with zero attached hydrogens (tertiary/aromatic N) is 3. The highest BCUT2D eigenvalue weighted by Gasteiger charge is 2.00. The summed E-state index contributed by atoms with van der Waals surface area (Å²) in [5.74, 6) is 0.839. The topological polar surface area (TPSA) is 46.0 Å². The molecule has 0 aliphatic rings. The van der Waals surface area contributed by atoms with Crippen LogP contribution in [0, 0.1) is 4.77 Å². The van der Waals surface area contributed by atoms with E-state index in [1.165, 1.54) is 0 Å². The smallest absolute Gasteiger partial charge is 0.216 e. The van der Waals surface area contributed by atoms with E-state index in [0.29, 0.717) is 4.77 Å². The van der Waals surface area contributed by atoms with E-state index in [2.05, 4.69) is 15.3 Å². The van der Waals surface area contributed by atoms with Gasteiger partial charge in [0, 0.05) is 12.0 Å². The first-order chi connectivity index (χ1) is 7.31. The zero-order valence-electron chi connectivity index (χ0n) is 8.17. The van der Waals surface area contributed by atoms with E-state index in [0.717, 1.165) is 17.8 Å². The Labute approximate surface area is 96.3 Å². The molecule has 0 saturated carbocycles. The number of hydrogen-bond acceptors (Lipinski definition) is 4. The lowest BCUT2D eigenvalue weighted by molar-refractivity contribution is 0.780. The Balaban J connectivity index is 2.31. The Morgan fingerprint density at radius 1 is 1.73 bits per heavy atom. The summed E-state index contributed by atoms with van der Waals surface area (Å²) >= 11 is 6.71. The lowest BCUT2D eigenvalue weighted by Gasteiger charge is -1.94. The maximum atomic E-state index is 5.07. The summed E-state index contributed by atoms with van der Waals surface area (Å²) in [7, 11) is 0. The Hall–Kier alpha value is -1.27. The molecule has 0 aliphatic carbocycles. The number of hydrogen-bond donors (Lipinski definition) is 1. The van der Waals surface area contributed by atoms with Gasteiger partial charge in [0.25, 0.3) is 0 Å². The molecule has 4 nitrogen and oxygen atoms in total. The third kappa shape index (κ3) is 2.21. The number of aryl methyl sites for hydroxylation is 1. The van der Waals surface area contributed by atoms with Gasteiger partial charge in [0.15, 0.2) is 5.82 Å². The summed E-state index contributed by atoms with van der Waals surface area (Å²) in [5.41, 5.74) is 1.07.